The summed E-state index contributed by atoms with van der Waals surface area (Å²) in [6.07, 6.45) is 1.70. The summed E-state index contributed by atoms with van der Waals surface area (Å²) < 4.78 is 0. The quantitative estimate of drug-likeness (QED) is 0.513. The predicted octanol–water partition coefficient (Wildman–Crippen LogP) is 3.81. The van der Waals surface area contributed by atoms with Crippen LogP contribution in [0.2, 0.25) is 0 Å². The Morgan fingerprint density at radius 2 is 1.63 bits per heavy atom. The van der Waals surface area contributed by atoms with Crippen LogP contribution in [0.15, 0.2) is 60.8 Å². The summed E-state index contributed by atoms with van der Waals surface area (Å²) in [5, 5.41) is 12.1. The number of nitro benzene ring substituents is 1. The van der Waals surface area contributed by atoms with Gasteiger partial charge in [-0.25, -0.2) is 0 Å². The summed E-state index contributed by atoms with van der Waals surface area (Å²) in [7, 11) is 0. The first-order chi connectivity index (χ1) is 9.27. The number of benzene rings is 2. The van der Waals surface area contributed by atoms with Crippen LogP contribution in [0.4, 0.5) is 5.69 Å². The van der Waals surface area contributed by atoms with E-state index in [0.717, 1.165) is 16.5 Å². The lowest BCUT2D eigenvalue weighted by Gasteiger charge is -2.06. The van der Waals surface area contributed by atoms with Crippen molar-refractivity contribution in [3.8, 4) is 11.1 Å². The minimum atomic E-state index is -0.364. The van der Waals surface area contributed by atoms with Gasteiger partial charge in [0.15, 0.2) is 0 Å². The molecule has 0 unspecified atom stereocenters. The van der Waals surface area contributed by atoms with Crippen molar-refractivity contribution in [2.45, 2.75) is 0 Å². The second-order valence-corrected chi connectivity index (χ2v) is 4.15. The Balaban J connectivity index is 2.34. The van der Waals surface area contributed by atoms with E-state index in [2.05, 4.69) is 4.98 Å². The molecule has 92 valence electrons. The van der Waals surface area contributed by atoms with Gasteiger partial charge in [-0.05, 0) is 12.1 Å². The van der Waals surface area contributed by atoms with Crippen LogP contribution in [-0.4, -0.2) is 9.91 Å². The first kappa shape index (κ1) is 11.3. The van der Waals surface area contributed by atoms with E-state index in [1.54, 1.807) is 24.4 Å². The van der Waals surface area contributed by atoms with Crippen LogP contribution in [0.3, 0.4) is 0 Å². The van der Waals surface area contributed by atoms with E-state index in [4.69, 9.17) is 0 Å². The average molecular weight is 250 g/mol. The second-order valence-electron chi connectivity index (χ2n) is 4.15. The van der Waals surface area contributed by atoms with Crippen molar-refractivity contribution < 1.29 is 4.92 Å². The van der Waals surface area contributed by atoms with Gasteiger partial charge in [-0.2, -0.15) is 0 Å². The Kier molecular flexibility index (Phi) is 2.68. The van der Waals surface area contributed by atoms with E-state index < -0.39 is 0 Å². The molecular weight excluding hydrogens is 240 g/mol. The number of nitrogens with zero attached hydrogens (tertiary/aromatic N) is 2. The minimum Gasteiger partial charge on any atom is -0.258 e. The van der Waals surface area contributed by atoms with Crippen molar-refractivity contribution in [2.75, 3.05) is 0 Å². The van der Waals surface area contributed by atoms with E-state index in [1.807, 2.05) is 30.3 Å². The van der Waals surface area contributed by atoms with E-state index >= 15 is 0 Å². The van der Waals surface area contributed by atoms with Crippen molar-refractivity contribution in [2.24, 2.45) is 0 Å². The number of aromatic nitrogens is 1. The molecule has 1 heterocycles. The summed E-state index contributed by atoms with van der Waals surface area (Å²) in [4.78, 5) is 15.1. The number of fused-ring (bicyclic) bond motifs is 1. The smallest absolute Gasteiger partial charge is 0.258 e. The van der Waals surface area contributed by atoms with Crippen molar-refractivity contribution in [3.63, 3.8) is 0 Å². The molecule has 0 aliphatic heterocycles. The highest BCUT2D eigenvalue weighted by Crippen LogP contribution is 2.33. The average Bonchev–Trinajstić information content (AvgIpc) is 2.46. The molecular formula is C15H10N2O2. The summed E-state index contributed by atoms with van der Waals surface area (Å²) in [6.45, 7) is 0. The van der Waals surface area contributed by atoms with Gasteiger partial charge >= 0.3 is 0 Å². The third kappa shape index (κ3) is 1.93. The predicted molar refractivity (Wildman–Crippen MR) is 73.8 cm³/mol. The fourth-order valence-corrected chi connectivity index (χ4v) is 2.18. The Labute approximate surface area is 109 Å². The fourth-order valence-electron chi connectivity index (χ4n) is 2.18. The number of pyridine rings is 1. The summed E-state index contributed by atoms with van der Waals surface area (Å²) in [5.41, 5.74) is 2.25. The second kappa shape index (κ2) is 4.49. The molecule has 0 fully saturated rings. The van der Waals surface area contributed by atoms with Crippen LogP contribution in [0.25, 0.3) is 22.0 Å². The number of hydrogen-bond acceptors (Lipinski definition) is 3. The molecule has 4 heteroatoms. The summed E-state index contributed by atoms with van der Waals surface area (Å²) >= 11 is 0. The van der Waals surface area contributed by atoms with E-state index in [1.165, 1.54) is 6.07 Å². The van der Waals surface area contributed by atoms with Gasteiger partial charge in [-0.1, -0.05) is 36.4 Å². The minimum absolute atomic E-state index is 0.0978. The Morgan fingerprint density at radius 1 is 0.895 bits per heavy atom. The molecule has 0 aliphatic carbocycles. The molecule has 0 saturated heterocycles. The van der Waals surface area contributed by atoms with Crippen molar-refractivity contribution in [1.82, 2.24) is 4.98 Å². The Hall–Kier alpha value is -2.75. The summed E-state index contributed by atoms with van der Waals surface area (Å²) in [6, 6.07) is 16.2. The lowest BCUT2D eigenvalue weighted by molar-refractivity contribution is -0.384. The topological polar surface area (TPSA) is 56.0 Å². The normalized spacial score (nSPS) is 10.5. The number of nitro groups is 1. The highest BCUT2D eigenvalue weighted by molar-refractivity contribution is 5.95. The molecule has 3 rings (SSSR count). The van der Waals surface area contributed by atoms with E-state index in [9.17, 15) is 10.1 Å². The maximum atomic E-state index is 11.1. The van der Waals surface area contributed by atoms with Gasteiger partial charge in [0.1, 0.15) is 0 Å². The van der Waals surface area contributed by atoms with E-state index in [0.29, 0.717) is 5.56 Å². The van der Waals surface area contributed by atoms with Crippen molar-refractivity contribution in [3.05, 3.63) is 70.9 Å². The standard InChI is InChI=1S/C15H10N2O2/c18-17(19)14-9-2-1-7-12(14)13-8-3-5-11-6-4-10-16-15(11)13/h1-10H. The number of hydrogen-bond donors (Lipinski definition) is 0. The van der Waals surface area contributed by atoms with Crippen molar-refractivity contribution >= 4 is 16.6 Å². The van der Waals surface area contributed by atoms with Gasteiger partial charge in [-0.3, -0.25) is 15.1 Å². The van der Waals surface area contributed by atoms with Crippen LogP contribution < -0.4 is 0 Å². The molecule has 0 N–H and O–H groups in total. The number of para-hydroxylation sites is 2. The van der Waals surface area contributed by atoms with Crippen LogP contribution in [-0.2, 0) is 0 Å². The Morgan fingerprint density at radius 3 is 2.47 bits per heavy atom. The Bertz CT molecular complexity index is 763. The third-order valence-electron chi connectivity index (χ3n) is 3.02. The van der Waals surface area contributed by atoms with Gasteiger partial charge in [0, 0.05) is 23.2 Å². The first-order valence-electron chi connectivity index (χ1n) is 5.85. The molecule has 0 aliphatic rings. The molecule has 0 spiro atoms. The molecule has 0 atom stereocenters. The maximum Gasteiger partial charge on any atom is 0.277 e. The number of rotatable bonds is 2. The molecule has 0 amide bonds. The van der Waals surface area contributed by atoms with Crippen LogP contribution in [0, 0.1) is 10.1 Å². The largest absolute Gasteiger partial charge is 0.277 e. The molecule has 0 bridgehead atoms. The van der Waals surface area contributed by atoms with Crippen LogP contribution in [0.5, 0.6) is 0 Å². The lowest BCUT2D eigenvalue weighted by atomic mass is 10.0. The van der Waals surface area contributed by atoms with Gasteiger partial charge in [0.25, 0.3) is 5.69 Å². The van der Waals surface area contributed by atoms with E-state index in [-0.39, 0.29) is 10.6 Å². The third-order valence-corrected chi connectivity index (χ3v) is 3.02. The maximum absolute atomic E-state index is 11.1. The molecule has 3 aromatic rings. The van der Waals surface area contributed by atoms with Crippen LogP contribution in [0.1, 0.15) is 0 Å². The molecule has 4 nitrogen and oxygen atoms in total. The molecule has 0 radical (unpaired) electrons. The van der Waals surface area contributed by atoms with Gasteiger partial charge < -0.3 is 0 Å². The SMILES string of the molecule is O=[N+]([O-])c1ccccc1-c1cccc2cccnc12. The molecule has 19 heavy (non-hydrogen) atoms. The molecule has 1 aromatic heterocycles. The molecule has 0 saturated carbocycles. The van der Waals surface area contributed by atoms with Gasteiger partial charge in [0.05, 0.1) is 16.0 Å². The van der Waals surface area contributed by atoms with Gasteiger partial charge in [-0.15, -0.1) is 0 Å². The zero-order chi connectivity index (χ0) is 13.2. The zero-order valence-electron chi connectivity index (χ0n) is 9.98. The molecule has 2 aromatic carbocycles. The van der Waals surface area contributed by atoms with Gasteiger partial charge in [0.2, 0.25) is 0 Å². The van der Waals surface area contributed by atoms with Crippen molar-refractivity contribution in [1.29, 1.82) is 0 Å². The highest BCUT2D eigenvalue weighted by Gasteiger charge is 2.16. The lowest BCUT2D eigenvalue weighted by Crippen LogP contribution is -1.92. The van der Waals surface area contributed by atoms with Crippen LogP contribution >= 0.6 is 0 Å². The highest BCUT2D eigenvalue weighted by atomic mass is 16.6. The fraction of sp³-hybridized carbons (Fsp3) is 0. The monoisotopic (exact) mass is 250 g/mol. The summed E-state index contributed by atoms with van der Waals surface area (Å²) in [5.74, 6) is 0. The zero-order valence-corrected chi connectivity index (χ0v) is 9.98. The first-order valence-corrected chi connectivity index (χ1v) is 5.85.